The van der Waals surface area contributed by atoms with E-state index < -0.39 is 78.5 Å². The van der Waals surface area contributed by atoms with E-state index in [1.54, 1.807) is 60.8 Å². The normalized spacial score (nSPS) is 33.3. The van der Waals surface area contributed by atoms with E-state index in [4.69, 9.17) is 33.2 Å². The number of hydrogen-bond donors (Lipinski definition) is 3. The molecule has 3 N–H and O–H groups in total. The predicted molar refractivity (Wildman–Crippen MR) is 229 cm³/mol. The summed E-state index contributed by atoms with van der Waals surface area (Å²) in [5.41, 5.74) is 0.615. The molecule has 14 heteroatoms. The molecular formula is C46H77NO13. The molecule has 2 rings (SSSR count). The molecule has 0 aromatic heterocycles. The Balaban J connectivity index is 2.45. The van der Waals surface area contributed by atoms with Crippen LogP contribution in [0.25, 0.3) is 0 Å². The van der Waals surface area contributed by atoms with Gasteiger partial charge in [-0.05, 0) is 25.7 Å². The zero-order chi connectivity index (χ0) is 45.1. The van der Waals surface area contributed by atoms with E-state index in [1.807, 2.05) is 46.8 Å². The molecule has 0 aromatic rings. The highest BCUT2D eigenvalue weighted by Crippen LogP contribution is 2.34. The predicted octanol–water partition coefficient (Wildman–Crippen LogP) is 4.84. The van der Waals surface area contributed by atoms with Crippen LogP contribution >= 0.6 is 0 Å². The fourth-order valence-electron chi connectivity index (χ4n) is 8.66. The van der Waals surface area contributed by atoms with Gasteiger partial charge in [0.15, 0.2) is 0 Å². The van der Waals surface area contributed by atoms with Crippen molar-refractivity contribution in [2.75, 3.05) is 49.2 Å². The van der Waals surface area contributed by atoms with Gasteiger partial charge in [0, 0.05) is 110 Å². The molecule has 1 amide bonds. The zero-order valence-corrected chi connectivity index (χ0v) is 38.2. The van der Waals surface area contributed by atoms with Gasteiger partial charge < -0.3 is 53.4 Å². The van der Waals surface area contributed by atoms with Crippen LogP contribution < -0.4 is 0 Å². The highest BCUT2D eigenvalue weighted by Gasteiger charge is 2.41. The Kier molecular flexibility index (Phi) is 24.3. The number of rotatable bonds is 18. The summed E-state index contributed by atoms with van der Waals surface area (Å²) in [5.74, 6) is -3.15. The fraction of sp³-hybridized carbons (Fsp3) is 0.761. The van der Waals surface area contributed by atoms with E-state index in [9.17, 15) is 29.7 Å². The third-order valence-corrected chi connectivity index (χ3v) is 12.6. The van der Waals surface area contributed by atoms with Crippen LogP contribution in [0, 0.1) is 35.5 Å². The summed E-state index contributed by atoms with van der Waals surface area (Å²) < 4.78 is 42.1. The number of ketones is 1. The van der Waals surface area contributed by atoms with Crippen LogP contribution in [-0.4, -0.2) is 149 Å². The first-order valence-corrected chi connectivity index (χ1v) is 21.4. The second-order valence-electron chi connectivity index (χ2n) is 16.9. The van der Waals surface area contributed by atoms with Gasteiger partial charge in [0.1, 0.15) is 11.9 Å². The number of carbonyl (C=O) groups is 3. The number of amides is 1. The van der Waals surface area contributed by atoms with Crippen molar-refractivity contribution in [3.05, 3.63) is 48.2 Å². The van der Waals surface area contributed by atoms with Crippen molar-refractivity contribution in [1.82, 2.24) is 4.90 Å². The maximum atomic E-state index is 13.6. The summed E-state index contributed by atoms with van der Waals surface area (Å²) in [6, 6.07) is 0. The minimum atomic E-state index is -0.996. The van der Waals surface area contributed by atoms with Gasteiger partial charge in [-0.3, -0.25) is 9.59 Å². The van der Waals surface area contributed by atoms with Crippen LogP contribution in [0.4, 0.5) is 0 Å². The highest BCUT2D eigenvalue weighted by atomic mass is 16.6. The lowest BCUT2D eigenvalue weighted by molar-refractivity contribution is -0.159. The Morgan fingerprint density at radius 3 is 2.18 bits per heavy atom. The number of cyclic esters (lactones) is 1. The van der Waals surface area contributed by atoms with Gasteiger partial charge in [-0.1, -0.05) is 70.6 Å². The molecule has 0 fully saturated rings. The lowest BCUT2D eigenvalue weighted by Crippen LogP contribution is -2.47. The van der Waals surface area contributed by atoms with E-state index in [-0.39, 0.29) is 42.9 Å². The molecule has 14 nitrogen and oxygen atoms in total. The smallest absolute Gasteiger partial charge is 0.331 e. The van der Waals surface area contributed by atoms with E-state index in [1.165, 1.54) is 18.1 Å². The average molecular weight is 852 g/mol. The largest absolute Gasteiger partial charge is 0.458 e. The van der Waals surface area contributed by atoms with Crippen LogP contribution in [0.1, 0.15) is 80.1 Å². The number of Topliss-reactive ketones (excluding diaryl/α,β-unsaturated/α-hetero) is 1. The van der Waals surface area contributed by atoms with E-state index >= 15 is 0 Å². The molecule has 0 saturated heterocycles. The molecule has 0 aromatic carbocycles. The Morgan fingerprint density at radius 1 is 0.967 bits per heavy atom. The molecule has 0 aliphatic carbocycles. The van der Waals surface area contributed by atoms with E-state index in [0.717, 1.165) is 0 Å². The number of aliphatic hydroxyl groups excluding tert-OH is 3. The number of methoxy groups -OCH3 is 5. The minimum Gasteiger partial charge on any atom is -0.458 e. The van der Waals surface area contributed by atoms with Gasteiger partial charge in [0.25, 0.3) is 0 Å². The minimum absolute atomic E-state index is 0.0143. The van der Waals surface area contributed by atoms with Crippen LogP contribution in [0.3, 0.4) is 0 Å². The number of allylic oxidation sites excluding steroid dienone is 2. The standard InChI is InChI=1S/C46H77NO13/c1-28-16-19-43(52)60-46(33(6)44(53)29(2)17-18-37(50)31(4)45(58-12)30(3)20-21-47(7)27-49)32(5)39(54-8)25-41(56-10)36(26-48)40(55-9)23-34-14-13-15-35(59-34)24-42(57-11)38(51)22-28/h13,15-16,19-22,27,29-36,38-42,44-46,48,51,53H,14,17-18,23-26H2,1-12H3/b19-16-,21-20+,28-22-/t29-,30+,31-,32-,33-,34-,35-,36-,38-,39+,40-,41-,42+,44-,45+,46-/m0/s1. The SMILES string of the molecule is CO[C@H]([C@H](C)/C=C/N(C)C=O)[C@@H](C)C(=O)CC[C@H](C)[C@H](O)[C@H](C)[C@H]1OC(=O)/C=C\C(C)=C/[C@H](O)[C@H](OC)C[C@@H]2C=CC[C@@H](C[C@H](OC)[C@H](CO)[C@@H](OC)C[C@@H](OC)[C@@H]1C)O2. The van der Waals surface area contributed by atoms with Gasteiger partial charge in [0.2, 0.25) is 6.41 Å². The maximum absolute atomic E-state index is 13.6. The molecular weight excluding hydrogens is 774 g/mol. The summed E-state index contributed by atoms with van der Waals surface area (Å²) in [6.45, 7) is 10.9. The number of nitrogens with zero attached hydrogens (tertiary/aromatic N) is 1. The van der Waals surface area contributed by atoms with Crippen LogP contribution in [0.5, 0.6) is 0 Å². The molecule has 0 spiro atoms. The topological polar surface area (TPSA) is 180 Å². The molecule has 2 heterocycles. The lowest BCUT2D eigenvalue weighted by Gasteiger charge is -2.39. The third kappa shape index (κ3) is 16.2. The van der Waals surface area contributed by atoms with Crippen molar-refractivity contribution < 1.29 is 62.9 Å². The van der Waals surface area contributed by atoms with Gasteiger partial charge in [0.05, 0.1) is 61.5 Å². The van der Waals surface area contributed by atoms with Gasteiger partial charge in [-0.25, -0.2) is 4.79 Å². The fourth-order valence-corrected chi connectivity index (χ4v) is 8.66. The second kappa shape index (κ2) is 27.3. The highest BCUT2D eigenvalue weighted by molar-refractivity contribution is 5.82. The number of fused-ring (bicyclic) bond motifs is 2. The number of hydrogen-bond acceptors (Lipinski definition) is 13. The lowest BCUT2D eigenvalue weighted by atomic mass is 9.78. The molecule has 0 radical (unpaired) electrons. The summed E-state index contributed by atoms with van der Waals surface area (Å²) in [7, 11) is 9.47. The number of aliphatic hydroxyl groups is 3. The van der Waals surface area contributed by atoms with E-state index in [0.29, 0.717) is 44.1 Å². The van der Waals surface area contributed by atoms with Crippen LogP contribution in [0.2, 0.25) is 0 Å². The molecule has 0 saturated carbocycles. The van der Waals surface area contributed by atoms with Gasteiger partial charge >= 0.3 is 5.97 Å². The number of carbonyl (C=O) groups excluding carboxylic acids is 3. The first kappa shape index (κ1) is 53.3. The van der Waals surface area contributed by atoms with E-state index in [2.05, 4.69) is 6.08 Å². The quantitative estimate of drug-likeness (QED) is 0.0971. The summed E-state index contributed by atoms with van der Waals surface area (Å²) in [5, 5.41) is 33.8. The van der Waals surface area contributed by atoms with Crippen molar-refractivity contribution >= 4 is 18.2 Å². The van der Waals surface area contributed by atoms with Gasteiger partial charge in [-0.15, -0.1) is 0 Å². The van der Waals surface area contributed by atoms with Crippen molar-refractivity contribution in [2.45, 2.75) is 141 Å². The molecule has 2 bridgehead atoms. The summed E-state index contributed by atoms with van der Waals surface area (Å²) >= 11 is 0. The number of ether oxygens (including phenoxy) is 7. The molecule has 2 aliphatic rings. The van der Waals surface area contributed by atoms with Gasteiger partial charge in [-0.2, -0.15) is 0 Å². The van der Waals surface area contributed by atoms with Crippen molar-refractivity contribution in [2.24, 2.45) is 35.5 Å². The Labute approximate surface area is 359 Å². The Bertz CT molecular complexity index is 1400. The van der Waals surface area contributed by atoms with Crippen molar-refractivity contribution in [1.29, 1.82) is 0 Å². The first-order chi connectivity index (χ1) is 28.5. The first-order valence-electron chi connectivity index (χ1n) is 21.4. The van der Waals surface area contributed by atoms with Crippen LogP contribution in [0.15, 0.2) is 48.2 Å². The maximum Gasteiger partial charge on any atom is 0.331 e. The van der Waals surface area contributed by atoms with Crippen molar-refractivity contribution in [3.8, 4) is 0 Å². The van der Waals surface area contributed by atoms with Crippen molar-refractivity contribution in [3.63, 3.8) is 0 Å². The summed E-state index contributed by atoms with van der Waals surface area (Å²) in [4.78, 5) is 39.5. The number of esters is 1. The summed E-state index contributed by atoms with van der Waals surface area (Å²) in [6.07, 6.45) is 9.18. The Morgan fingerprint density at radius 2 is 1.60 bits per heavy atom. The zero-order valence-electron chi connectivity index (χ0n) is 38.2. The molecule has 60 heavy (non-hydrogen) atoms. The third-order valence-electron chi connectivity index (χ3n) is 12.6. The molecule has 0 unspecified atom stereocenters. The monoisotopic (exact) mass is 852 g/mol. The second-order valence-corrected chi connectivity index (χ2v) is 16.9. The molecule has 344 valence electrons. The molecule has 2 aliphatic heterocycles. The van der Waals surface area contributed by atoms with Crippen LogP contribution in [-0.2, 0) is 47.5 Å². The Hall–Kier alpha value is -2.79. The average Bonchev–Trinajstić information content (AvgIpc) is 3.24. The molecule has 16 atom stereocenters.